The lowest BCUT2D eigenvalue weighted by molar-refractivity contribution is 0.206. The van der Waals surface area contributed by atoms with E-state index in [9.17, 15) is 9.18 Å². The van der Waals surface area contributed by atoms with Crippen LogP contribution in [0.25, 0.3) is 0 Å². The highest BCUT2D eigenvalue weighted by atomic mass is 19.1. The quantitative estimate of drug-likeness (QED) is 0.293. The summed E-state index contributed by atoms with van der Waals surface area (Å²) in [5.41, 5.74) is 3.11. The third kappa shape index (κ3) is 7.86. The number of halogens is 1. The monoisotopic (exact) mass is 456 g/mol. The van der Waals surface area contributed by atoms with E-state index >= 15 is 0 Å². The first kappa shape index (κ1) is 26.3. The van der Waals surface area contributed by atoms with Gasteiger partial charge in [-0.1, -0.05) is 33.8 Å². The van der Waals surface area contributed by atoms with Gasteiger partial charge in [0.05, 0.1) is 12.6 Å². The summed E-state index contributed by atoms with van der Waals surface area (Å²) in [4.78, 5) is 12.2. The first-order valence-electron chi connectivity index (χ1n) is 11.4. The normalized spacial score (nSPS) is 13.3. The molecule has 2 unspecified atom stereocenters. The van der Waals surface area contributed by atoms with Gasteiger partial charge in [-0.2, -0.15) is 0 Å². The Bertz CT molecular complexity index is 928. The van der Waals surface area contributed by atoms with Gasteiger partial charge in [-0.25, -0.2) is 9.18 Å². The molecular formula is C26H37FN4O2. The number of aliphatic hydroxyl groups excluding tert-OH is 1. The van der Waals surface area contributed by atoms with Crippen LogP contribution in [-0.2, 0) is 0 Å². The molecule has 6 nitrogen and oxygen atoms in total. The largest absolute Gasteiger partial charge is 0.394 e. The number of nitrogens with one attached hydrogen (secondary N) is 4. The summed E-state index contributed by atoms with van der Waals surface area (Å²) in [6.07, 6.45) is 2.24. The van der Waals surface area contributed by atoms with Crippen LogP contribution in [0.1, 0.15) is 58.1 Å². The van der Waals surface area contributed by atoms with Crippen molar-refractivity contribution in [3.8, 4) is 0 Å². The Morgan fingerprint density at radius 1 is 1.15 bits per heavy atom. The lowest BCUT2D eigenvalue weighted by atomic mass is 9.71. The summed E-state index contributed by atoms with van der Waals surface area (Å²) in [5.74, 6) is 0.291. The van der Waals surface area contributed by atoms with Gasteiger partial charge in [-0.15, -0.1) is 0 Å². The second kappa shape index (κ2) is 11.8. The number of benzene rings is 2. The van der Waals surface area contributed by atoms with Crippen LogP contribution in [0.4, 0.5) is 20.6 Å². The maximum atomic E-state index is 13.2. The molecule has 2 aromatic rings. The molecule has 0 aliphatic rings. The molecule has 5 N–H and O–H groups in total. The van der Waals surface area contributed by atoms with Gasteiger partial charge >= 0.3 is 6.03 Å². The predicted molar refractivity (Wildman–Crippen MR) is 133 cm³/mol. The predicted octanol–water partition coefficient (Wildman–Crippen LogP) is 5.40. The molecule has 0 aliphatic carbocycles. The summed E-state index contributed by atoms with van der Waals surface area (Å²) < 4.78 is 13.2. The molecule has 0 aliphatic heterocycles. The first-order chi connectivity index (χ1) is 15.6. The van der Waals surface area contributed by atoms with Gasteiger partial charge in [0, 0.05) is 29.7 Å². The molecule has 0 aromatic heterocycles. The summed E-state index contributed by atoms with van der Waals surface area (Å²) in [6, 6.07) is 11.5. The van der Waals surface area contributed by atoms with E-state index in [1.165, 1.54) is 18.3 Å². The number of hydrogen-bond acceptors (Lipinski definition) is 4. The fourth-order valence-electron chi connectivity index (χ4n) is 3.85. The Balaban J connectivity index is 2.25. The summed E-state index contributed by atoms with van der Waals surface area (Å²) in [6.45, 7) is 10.7. The average Bonchev–Trinajstić information content (AvgIpc) is 2.77. The highest BCUT2D eigenvalue weighted by molar-refractivity contribution is 5.87. The van der Waals surface area contributed by atoms with Crippen molar-refractivity contribution in [1.82, 2.24) is 10.6 Å². The zero-order chi connectivity index (χ0) is 24.6. The fraction of sp³-hybridized carbons (Fsp3) is 0.462. The highest BCUT2D eigenvalue weighted by Gasteiger charge is 2.32. The minimum Gasteiger partial charge on any atom is -0.394 e. The minimum absolute atomic E-state index is 0.114. The van der Waals surface area contributed by atoms with Gasteiger partial charge < -0.3 is 26.5 Å². The molecule has 0 saturated carbocycles. The van der Waals surface area contributed by atoms with Crippen LogP contribution in [-0.4, -0.2) is 36.5 Å². The van der Waals surface area contributed by atoms with Crippen molar-refractivity contribution in [3.05, 3.63) is 59.4 Å². The van der Waals surface area contributed by atoms with E-state index in [0.717, 1.165) is 28.9 Å². The van der Waals surface area contributed by atoms with E-state index in [-0.39, 0.29) is 35.8 Å². The molecule has 0 radical (unpaired) electrons. The average molecular weight is 457 g/mol. The Hall–Kier alpha value is -2.93. The molecular weight excluding hydrogens is 419 g/mol. The van der Waals surface area contributed by atoms with Gasteiger partial charge in [0.25, 0.3) is 0 Å². The lowest BCUT2D eigenvalue weighted by Crippen LogP contribution is -2.46. The van der Waals surface area contributed by atoms with Crippen LogP contribution in [0.3, 0.4) is 0 Å². The molecule has 180 valence electrons. The summed E-state index contributed by atoms with van der Waals surface area (Å²) in [7, 11) is 0. The van der Waals surface area contributed by atoms with Crippen molar-refractivity contribution in [2.24, 2.45) is 11.3 Å². The standard InChI is InChI=1S/C26H37FN4O2/c1-17(2)12-23(26(4,5)16-29-25(33)30-18(3)15-32)19-6-11-24(20(13-19)14-28)31-22-9-7-21(27)8-10-22/h6-11,13-14,17-18,23,28,31-32H,12,15-16H2,1-5H3,(H2,29,30,33). The Morgan fingerprint density at radius 2 is 1.82 bits per heavy atom. The van der Waals surface area contributed by atoms with Crippen LogP contribution in [0.5, 0.6) is 0 Å². The maximum Gasteiger partial charge on any atom is 0.315 e. The highest BCUT2D eigenvalue weighted by Crippen LogP contribution is 2.41. The van der Waals surface area contributed by atoms with Crippen molar-refractivity contribution in [2.75, 3.05) is 18.5 Å². The zero-order valence-corrected chi connectivity index (χ0v) is 20.2. The van der Waals surface area contributed by atoms with Crippen LogP contribution in [0.2, 0.25) is 0 Å². The number of amides is 2. The molecule has 0 saturated heterocycles. The molecule has 0 fully saturated rings. The number of anilines is 2. The van der Waals surface area contributed by atoms with Gasteiger partial charge in [0.1, 0.15) is 5.82 Å². The van der Waals surface area contributed by atoms with E-state index < -0.39 is 0 Å². The van der Waals surface area contributed by atoms with E-state index in [1.807, 2.05) is 12.1 Å². The van der Waals surface area contributed by atoms with Gasteiger partial charge in [-0.3, -0.25) is 0 Å². The molecule has 2 atom stereocenters. The van der Waals surface area contributed by atoms with Crippen LogP contribution >= 0.6 is 0 Å². The summed E-state index contributed by atoms with van der Waals surface area (Å²) >= 11 is 0. The molecule has 7 heteroatoms. The lowest BCUT2D eigenvalue weighted by Gasteiger charge is -2.36. The number of aliphatic hydroxyl groups is 1. The zero-order valence-electron chi connectivity index (χ0n) is 20.2. The van der Waals surface area contributed by atoms with Gasteiger partial charge in [-0.05, 0) is 72.6 Å². The van der Waals surface area contributed by atoms with Crippen molar-refractivity contribution < 1.29 is 14.3 Å². The Labute approximate surface area is 196 Å². The maximum absolute atomic E-state index is 13.2. The number of hydrogen-bond donors (Lipinski definition) is 5. The fourth-order valence-corrected chi connectivity index (χ4v) is 3.85. The first-order valence-corrected chi connectivity index (χ1v) is 11.4. The smallest absolute Gasteiger partial charge is 0.315 e. The van der Waals surface area contributed by atoms with Crippen molar-refractivity contribution >= 4 is 23.6 Å². The topological polar surface area (TPSA) is 97.2 Å². The summed E-state index contributed by atoms with van der Waals surface area (Å²) in [5, 5.41) is 26.0. The molecule has 33 heavy (non-hydrogen) atoms. The van der Waals surface area contributed by atoms with Gasteiger partial charge in [0.2, 0.25) is 0 Å². The van der Waals surface area contributed by atoms with Crippen LogP contribution in [0.15, 0.2) is 42.5 Å². The Morgan fingerprint density at radius 3 is 2.39 bits per heavy atom. The van der Waals surface area contributed by atoms with Crippen molar-refractivity contribution in [3.63, 3.8) is 0 Å². The SMILES string of the molecule is CC(C)CC(c1ccc(Nc2ccc(F)cc2)c(C=N)c1)C(C)(C)CNC(=O)NC(C)CO. The third-order valence-electron chi connectivity index (χ3n) is 5.76. The van der Waals surface area contributed by atoms with E-state index in [0.29, 0.717) is 12.5 Å². The van der Waals surface area contributed by atoms with Crippen molar-refractivity contribution in [2.45, 2.75) is 53.0 Å². The van der Waals surface area contributed by atoms with Gasteiger partial charge in [0.15, 0.2) is 0 Å². The molecule has 2 amide bonds. The number of rotatable bonds is 11. The molecule has 2 aromatic carbocycles. The van der Waals surface area contributed by atoms with E-state index in [1.54, 1.807) is 19.1 Å². The molecule has 0 bridgehead atoms. The van der Waals surface area contributed by atoms with Crippen molar-refractivity contribution in [1.29, 1.82) is 5.41 Å². The Kier molecular flexibility index (Phi) is 9.41. The molecule has 0 spiro atoms. The number of carbonyl (C=O) groups excluding carboxylic acids is 1. The number of carbonyl (C=O) groups is 1. The van der Waals surface area contributed by atoms with E-state index in [4.69, 9.17) is 10.5 Å². The minimum atomic E-state index is -0.309. The third-order valence-corrected chi connectivity index (χ3v) is 5.76. The van der Waals surface area contributed by atoms with Crippen LogP contribution in [0, 0.1) is 22.6 Å². The molecule has 0 heterocycles. The second-order valence-electron chi connectivity index (χ2n) is 9.70. The number of urea groups is 1. The van der Waals surface area contributed by atoms with Crippen LogP contribution < -0.4 is 16.0 Å². The van der Waals surface area contributed by atoms with E-state index in [2.05, 4.69) is 49.7 Å². The molecule has 2 rings (SSSR count). The second-order valence-corrected chi connectivity index (χ2v) is 9.70.